The maximum absolute atomic E-state index is 14.9. The molecule has 0 fully saturated rings. The number of imidazole rings is 1. The molecule has 1 unspecified atom stereocenters. The van der Waals surface area contributed by atoms with Crippen LogP contribution >= 0.6 is 0 Å². The molecular formula is C25H25F2N4O2+. The van der Waals surface area contributed by atoms with E-state index in [4.69, 9.17) is 0 Å². The van der Waals surface area contributed by atoms with Crippen LogP contribution in [0, 0.1) is 6.92 Å². The lowest BCUT2D eigenvalue weighted by molar-refractivity contribution is -0.855. The first-order valence-corrected chi connectivity index (χ1v) is 11.0. The second-order valence-electron chi connectivity index (χ2n) is 9.18. The van der Waals surface area contributed by atoms with Gasteiger partial charge in [-0.2, -0.15) is 8.78 Å². The maximum Gasteiger partial charge on any atom is 0.346 e. The number of rotatable bonds is 3. The fourth-order valence-electron chi connectivity index (χ4n) is 4.94. The molecule has 1 atom stereocenters. The third-order valence-electron chi connectivity index (χ3n) is 6.65. The van der Waals surface area contributed by atoms with E-state index in [9.17, 15) is 18.4 Å². The Kier molecular flexibility index (Phi) is 4.93. The number of halogens is 2. The zero-order chi connectivity index (χ0) is 23.4. The number of nitrogens with one attached hydrogen (secondary N) is 1. The summed E-state index contributed by atoms with van der Waals surface area (Å²) < 4.78 is 31.3. The second kappa shape index (κ2) is 7.59. The SMILES string of the molecule is Cc1ccc(C(=O)[N+]2(C)Cc3ccccc3C(F)(F)C2)cc1NC(=O)c1cnc2n1CCC2. The highest BCUT2D eigenvalue weighted by molar-refractivity contribution is 6.04. The van der Waals surface area contributed by atoms with E-state index < -0.39 is 22.9 Å². The molecule has 5 rings (SSSR count). The topological polar surface area (TPSA) is 64.0 Å². The molecule has 2 aromatic carbocycles. The second-order valence-corrected chi connectivity index (χ2v) is 9.18. The molecule has 0 saturated carbocycles. The summed E-state index contributed by atoms with van der Waals surface area (Å²) in [5, 5.41) is 2.88. The fraction of sp³-hybridized carbons (Fsp3) is 0.320. The number of alkyl halides is 2. The Hall–Kier alpha value is -3.39. The molecule has 2 aliphatic heterocycles. The minimum Gasteiger partial charge on any atom is -0.324 e. The van der Waals surface area contributed by atoms with Gasteiger partial charge in [0, 0.05) is 29.8 Å². The quantitative estimate of drug-likeness (QED) is 0.605. The van der Waals surface area contributed by atoms with Gasteiger partial charge < -0.3 is 9.88 Å². The highest BCUT2D eigenvalue weighted by Crippen LogP contribution is 2.40. The van der Waals surface area contributed by atoms with Crippen molar-refractivity contribution in [2.75, 3.05) is 18.9 Å². The van der Waals surface area contributed by atoms with E-state index in [1.807, 2.05) is 11.5 Å². The number of nitrogens with zero attached hydrogens (tertiary/aromatic N) is 3. The number of amides is 2. The van der Waals surface area contributed by atoms with Crippen LogP contribution in [0.3, 0.4) is 0 Å². The van der Waals surface area contributed by atoms with Gasteiger partial charge in [-0.3, -0.25) is 4.79 Å². The number of hydrogen-bond donors (Lipinski definition) is 1. The number of quaternary nitrogens is 1. The Morgan fingerprint density at radius 1 is 1.18 bits per heavy atom. The minimum absolute atomic E-state index is 0.0152. The zero-order valence-electron chi connectivity index (χ0n) is 18.6. The monoisotopic (exact) mass is 451 g/mol. The number of aryl methyl sites for hydroxylation is 2. The molecule has 1 N–H and O–H groups in total. The van der Waals surface area contributed by atoms with Crippen molar-refractivity contribution in [3.05, 3.63) is 82.4 Å². The van der Waals surface area contributed by atoms with Crippen LogP contribution in [0.1, 0.15) is 49.8 Å². The predicted octanol–water partition coefficient (Wildman–Crippen LogP) is 4.28. The molecule has 2 amide bonds. The van der Waals surface area contributed by atoms with E-state index >= 15 is 0 Å². The van der Waals surface area contributed by atoms with Gasteiger partial charge in [-0.15, -0.1) is 0 Å². The van der Waals surface area contributed by atoms with Crippen molar-refractivity contribution in [3.8, 4) is 0 Å². The van der Waals surface area contributed by atoms with Crippen molar-refractivity contribution >= 4 is 17.5 Å². The van der Waals surface area contributed by atoms with E-state index in [2.05, 4.69) is 10.3 Å². The van der Waals surface area contributed by atoms with Crippen molar-refractivity contribution in [2.24, 2.45) is 0 Å². The largest absolute Gasteiger partial charge is 0.346 e. The average Bonchev–Trinajstić information content (AvgIpc) is 3.38. The van der Waals surface area contributed by atoms with Crippen LogP contribution in [0.15, 0.2) is 48.7 Å². The summed E-state index contributed by atoms with van der Waals surface area (Å²) >= 11 is 0. The molecule has 6 nitrogen and oxygen atoms in total. The van der Waals surface area contributed by atoms with Gasteiger partial charge in [0.05, 0.1) is 18.8 Å². The number of likely N-dealkylation sites (N-methyl/N-ethyl adjacent to an activating group) is 1. The molecule has 1 aromatic heterocycles. The van der Waals surface area contributed by atoms with Crippen LogP contribution in [0.25, 0.3) is 0 Å². The zero-order valence-corrected chi connectivity index (χ0v) is 18.6. The Labute approximate surface area is 190 Å². The molecule has 0 aliphatic carbocycles. The van der Waals surface area contributed by atoms with E-state index in [-0.39, 0.29) is 23.6 Å². The fourth-order valence-corrected chi connectivity index (χ4v) is 4.94. The van der Waals surface area contributed by atoms with Crippen LogP contribution in [0.2, 0.25) is 0 Å². The summed E-state index contributed by atoms with van der Waals surface area (Å²) in [6.07, 6.45) is 3.37. The lowest BCUT2D eigenvalue weighted by Gasteiger charge is -2.39. The lowest BCUT2D eigenvalue weighted by Crippen LogP contribution is -2.56. The first kappa shape index (κ1) is 21.5. The maximum atomic E-state index is 14.9. The van der Waals surface area contributed by atoms with Gasteiger partial charge in [0.2, 0.25) is 0 Å². The Morgan fingerprint density at radius 3 is 2.79 bits per heavy atom. The molecule has 3 heterocycles. The minimum atomic E-state index is -3.11. The third-order valence-corrected chi connectivity index (χ3v) is 6.65. The first-order valence-electron chi connectivity index (χ1n) is 11.0. The molecule has 3 aromatic rings. The highest BCUT2D eigenvalue weighted by atomic mass is 19.3. The number of anilines is 1. The smallest absolute Gasteiger partial charge is 0.324 e. The van der Waals surface area contributed by atoms with Gasteiger partial charge in [-0.05, 0) is 31.0 Å². The predicted molar refractivity (Wildman–Crippen MR) is 119 cm³/mol. The van der Waals surface area contributed by atoms with E-state index in [0.29, 0.717) is 16.9 Å². The molecule has 170 valence electrons. The van der Waals surface area contributed by atoms with Crippen molar-refractivity contribution in [3.63, 3.8) is 0 Å². The Morgan fingerprint density at radius 2 is 1.97 bits per heavy atom. The summed E-state index contributed by atoms with van der Waals surface area (Å²) in [5.74, 6) is -2.93. The highest BCUT2D eigenvalue weighted by Gasteiger charge is 2.51. The van der Waals surface area contributed by atoms with Gasteiger partial charge >= 0.3 is 11.8 Å². The van der Waals surface area contributed by atoms with Gasteiger partial charge in [-0.1, -0.05) is 30.3 Å². The van der Waals surface area contributed by atoms with Crippen molar-refractivity contribution in [1.29, 1.82) is 0 Å². The van der Waals surface area contributed by atoms with Gasteiger partial charge in [0.25, 0.3) is 5.91 Å². The molecule has 0 spiro atoms. The van der Waals surface area contributed by atoms with Crippen molar-refractivity contribution in [1.82, 2.24) is 9.55 Å². The lowest BCUT2D eigenvalue weighted by atomic mass is 9.94. The Balaban J connectivity index is 1.43. The molecule has 0 bridgehead atoms. The third kappa shape index (κ3) is 3.64. The van der Waals surface area contributed by atoms with Crippen LogP contribution < -0.4 is 5.32 Å². The molecule has 0 saturated heterocycles. The number of aromatic nitrogens is 2. The van der Waals surface area contributed by atoms with Crippen LogP contribution in [0.4, 0.5) is 14.5 Å². The molecule has 2 aliphatic rings. The Bertz CT molecular complexity index is 1280. The molecule has 33 heavy (non-hydrogen) atoms. The summed E-state index contributed by atoms with van der Waals surface area (Å²) in [6.45, 7) is 2.15. The van der Waals surface area contributed by atoms with Crippen LogP contribution in [0.5, 0.6) is 0 Å². The van der Waals surface area contributed by atoms with Crippen molar-refractivity contribution in [2.45, 2.75) is 38.8 Å². The summed E-state index contributed by atoms with van der Waals surface area (Å²) in [6, 6.07) is 11.3. The van der Waals surface area contributed by atoms with E-state index in [0.717, 1.165) is 30.8 Å². The van der Waals surface area contributed by atoms with Crippen molar-refractivity contribution < 1.29 is 22.9 Å². The number of benzene rings is 2. The molecular weight excluding hydrogens is 426 g/mol. The van der Waals surface area contributed by atoms with Gasteiger partial charge in [0.15, 0.2) is 6.54 Å². The number of carbonyl (C=O) groups is 2. The van der Waals surface area contributed by atoms with Crippen LogP contribution in [-0.4, -0.2) is 39.4 Å². The van der Waals surface area contributed by atoms with Crippen LogP contribution in [-0.2, 0) is 25.4 Å². The summed E-state index contributed by atoms with van der Waals surface area (Å²) in [4.78, 5) is 30.7. The number of hydrogen-bond acceptors (Lipinski definition) is 3. The number of fused-ring (bicyclic) bond motifs is 2. The standard InChI is InChI=1S/C25H24F2N4O2/c1-16-9-10-17(12-20(16)29-23(32)21-13-28-22-8-5-11-30(21)22)24(33)31(2)14-18-6-3-4-7-19(18)25(26,27)15-31/h3-4,6-7,9-10,12-13H,5,8,11,14-15H2,1-2H3/p+1. The van der Waals surface area contributed by atoms with Gasteiger partial charge in [0.1, 0.15) is 18.1 Å². The average molecular weight is 451 g/mol. The van der Waals surface area contributed by atoms with Gasteiger partial charge in [-0.25, -0.2) is 14.3 Å². The van der Waals surface area contributed by atoms with E-state index in [1.54, 1.807) is 49.6 Å². The van der Waals surface area contributed by atoms with E-state index in [1.165, 1.54) is 6.07 Å². The number of carbonyl (C=O) groups excluding carboxylic acids is 2. The normalized spacial score (nSPS) is 20.7. The molecule has 8 heteroatoms. The first-order chi connectivity index (χ1) is 15.7. The summed E-state index contributed by atoms with van der Waals surface area (Å²) in [5.41, 5.74) is 2.48. The summed E-state index contributed by atoms with van der Waals surface area (Å²) in [7, 11) is 1.54. The molecule has 0 radical (unpaired) electrons.